The second-order valence-corrected chi connectivity index (χ2v) is 4.48. The van der Waals surface area contributed by atoms with Gasteiger partial charge in [0.15, 0.2) is 0 Å². The summed E-state index contributed by atoms with van der Waals surface area (Å²) >= 11 is 0. The number of benzene rings is 1. The number of nitrogens with one attached hydrogen (secondary N) is 1. The summed E-state index contributed by atoms with van der Waals surface area (Å²) in [5.74, 6) is 0. The number of ether oxygens (including phenoxy) is 1. The normalized spacial score (nSPS) is 17.2. The summed E-state index contributed by atoms with van der Waals surface area (Å²) in [5.41, 5.74) is 4.06. The molecule has 0 saturated heterocycles. The van der Waals surface area contributed by atoms with Gasteiger partial charge >= 0.3 is 0 Å². The summed E-state index contributed by atoms with van der Waals surface area (Å²) in [7, 11) is 2.01. The lowest BCUT2D eigenvalue weighted by atomic mass is 9.94. The van der Waals surface area contributed by atoms with Gasteiger partial charge in [-0.15, -0.1) is 0 Å². The van der Waals surface area contributed by atoms with E-state index < -0.39 is 0 Å². The lowest BCUT2D eigenvalue weighted by Gasteiger charge is -2.23. The fourth-order valence-corrected chi connectivity index (χ4v) is 2.31. The second-order valence-electron chi connectivity index (χ2n) is 4.48. The quantitative estimate of drug-likeness (QED) is 0.859. The Bertz CT molecular complexity index is 380. The van der Waals surface area contributed by atoms with Crippen LogP contribution in [0, 0.1) is 0 Å². The van der Waals surface area contributed by atoms with E-state index in [0.717, 1.165) is 25.9 Å². The smallest absolute Gasteiger partial charge is 0.0876 e. The van der Waals surface area contributed by atoms with Gasteiger partial charge in [0.1, 0.15) is 0 Å². The molecule has 92 valence electrons. The molecule has 1 aliphatic rings. The molecule has 0 amide bonds. The molecule has 0 saturated carbocycles. The van der Waals surface area contributed by atoms with Crippen molar-refractivity contribution in [2.75, 3.05) is 13.7 Å². The SMILES string of the molecule is CCc1ccc(C(NC)C2=COCCC2)cc1. The van der Waals surface area contributed by atoms with E-state index in [1.54, 1.807) is 0 Å². The maximum Gasteiger partial charge on any atom is 0.0876 e. The van der Waals surface area contributed by atoms with Crippen molar-refractivity contribution in [1.29, 1.82) is 0 Å². The van der Waals surface area contributed by atoms with Crippen molar-refractivity contribution in [3.63, 3.8) is 0 Å². The Morgan fingerprint density at radius 3 is 2.59 bits per heavy atom. The molecule has 2 rings (SSSR count). The largest absolute Gasteiger partial charge is 0.501 e. The average Bonchev–Trinajstić information content (AvgIpc) is 2.42. The maximum atomic E-state index is 5.43. The van der Waals surface area contributed by atoms with E-state index in [-0.39, 0.29) is 0 Å². The van der Waals surface area contributed by atoms with Crippen molar-refractivity contribution in [1.82, 2.24) is 5.32 Å². The summed E-state index contributed by atoms with van der Waals surface area (Å²) < 4.78 is 5.43. The van der Waals surface area contributed by atoms with E-state index in [0.29, 0.717) is 6.04 Å². The molecule has 1 atom stereocenters. The monoisotopic (exact) mass is 231 g/mol. The second kappa shape index (κ2) is 5.87. The zero-order valence-corrected chi connectivity index (χ0v) is 10.7. The minimum absolute atomic E-state index is 0.293. The molecule has 0 aromatic heterocycles. The minimum atomic E-state index is 0.293. The van der Waals surface area contributed by atoms with Crippen LogP contribution in [0.3, 0.4) is 0 Å². The highest BCUT2D eigenvalue weighted by molar-refractivity contribution is 5.31. The Balaban J connectivity index is 2.18. The molecule has 1 N–H and O–H groups in total. The lowest BCUT2D eigenvalue weighted by Crippen LogP contribution is -2.20. The third-order valence-corrected chi connectivity index (χ3v) is 3.34. The Morgan fingerprint density at radius 2 is 2.06 bits per heavy atom. The molecule has 17 heavy (non-hydrogen) atoms. The number of rotatable bonds is 4. The van der Waals surface area contributed by atoms with Gasteiger partial charge in [0.2, 0.25) is 0 Å². The summed E-state index contributed by atoms with van der Waals surface area (Å²) in [6.45, 7) is 3.04. The van der Waals surface area contributed by atoms with Gasteiger partial charge in [-0.05, 0) is 43.0 Å². The van der Waals surface area contributed by atoms with Crippen LogP contribution in [0.15, 0.2) is 36.1 Å². The summed E-state index contributed by atoms with van der Waals surface area (Å²) in [6, 6.07) is 9.15. The van der Waals surface area contributed by atoms with Crippen molar-refractivity contribution in [3.05, 3.63) is 47.2 Å². The van der Waals surface area contributed by atoms with E-state index in [1.807, 2.05) is 13.3 Å². The fraction of sp³-hybridized carbons (Fsp3) is 0.467. The zero-order chi connectivity index (χ0) is 12.1. The first kappa shape index (κ1) is 12.2. The molecular formula is C15H21NO. The van der Waals surface area contributed by atoms with Crippen LogP contribution in [0.4, 0.5) is 0 Å². The molecule has 0 radical (unpaired) electrons. The molecule has 1 aromatic rings. The predicted molar refractivity (Wildman–Crippen MR) is 70.9 cm³/mol. The van der Waals surface area contributed by atoms with E-state index in [1.165, 1.54) is 16.7 Å². The third kappa shape index (κ3) is 2.89. The van der Waals surface area contributed by atoms with E-state index in [2.05, 4.69) is 36.5 Å². The first-order valence-electron chi connectivity index (χ1n) is 6.41. The van der Waals surface area contributed by atoms with Crippen molar-refractivity contribution < 1.29 is 4.74 Å². The van der Waals surface area contributed by atoms with Gasteiger partial charge in [-0.3, -0.25) is 0 Å². The Hall–Kier alpha value is -1.28. The molecule has 0 spiro atoms. The first-order chi connectivity index (χ1) is 8.35. The van der Waals surface area contributed by atoms with E-state index >= 15 is 0 Å². The van der Waals surface area contributed by atoms with Crippen LogP contribution < -0.4 is 5.32 Å². The topological polar surface area (TPSA) is 21.3 Å². The highest BCUT2D eigenvalue weighted by Gasteiger charge is 2.17. The molecule has 1 aliphatic heterocycles. The summed E-state index contributed by atoms with van der Waals surface area (Å²) in [5, 5.41) is 3.38. The van der Waals surface area contributed by atoms with Crippen molar-refractivity contribution in [2.45, 2.75) is 32.2 Å². The summed E-state index contributed by atoms with van der Waals surface area (Å²) in [6.07, 6.45) is 5.27. The Morgan fingerprint density at radius 1 is 1.29 bits per heavy atom. The first-order valence-corrected chi connectivity index (χ1v) is 6.41. The van der Waals surface area contributed by atoms with Crippen LogP contribution in [0.2, 0.25) is 0 Å². The number of hydrogen-bond acceptors (Lipinski definition) is 2. The van der Waals surface area contributed by atoms with Gasteiger partial charge in [-0.25, -0.2) is 0 Å². The summed E-state index contributed by atoms with van der Waals surface area (Å²) in [4.78, 5) is 0. The van der Waals surface area contributed by atoms with Crippen LogP contribution >= 0.6 is 0 Å². The van der Waals surface area contributed by atoms with Crippen LogP contribution in [-0.2, 0) is 11.2 Å². The fourth-order valence-electron chi connectivity index (χ4n) is 2.31. The van der Waals surface area contributed by atoms with Gasteiger partial charge in [-0.2, -0.15) is 0 Å². The minimum Gasteiger partial charge on any atom is -0.501 e. The molecule has 1 aromatic carbocycles. The van der Waals surface area contributed by atoms with Gasteiger partial charge in [0.05, 0.1) is 18.9 Å². The maximum absolute atomic E-state index is 5.43. The predicted octanol–water partition coefficient (Wildman–Crippen LogP) is 3.20. The molecule has 0 fully saturated rings. The highest BCUT2D eigenvalue weighted by Crippen LogP contribution is 2.27. The molecule has 2 heteroatoms. The standard InChI is InChI=1S/C15H21NO/c1-3-12-6-8-13(9-7-12)15(16-2)14-5-4-10-17-11-14/h6-9,11,15-16H,3-5,10H2,1-2H3. The van der Waals surface area contributed by atoms with Crippen LogP contribution in [0.1, 0.15) is 36.9 Å². The molecule has 0 bridgehead atoms. The van der Waals surface area contributed by atoms with Crippen molar-refractivity contribution in [2.24, 2.45) is 0 Å². The lowest BCUT2D eigenvalue weighted by molar-refractivity contribution is 0.220. The van der Waals surface area contributed by atoms with Crippen molar-refractivity contribution >= 4 is 0 Å². The highest BCUT2D eigenvalue weighted by atomic mass is 16.5. The zero-order valence-electron chi connectivity index (χ0n) is 10.7. The number of aryl methyl sites for hydroxylation is 1. The van der Waals surface area contributed by atoms with Crippen LogP contribution in [0.5, 0.6) is 0 Å². The number of likely N-dealkylation sites (N-methyl/N-ethyl adjacent to an activating group) is 1. The van der Waals surface area contributed by atoms with Gasteiger partial charge < -0.3 is 10.1 Å². The Labute approximate surface area is 104 Å². The van der Waals surface area contributed by atoms with Gasteiger partial charge in [0, 0.05) is 0 Å². The van der Waals surface area contributed by atoms with E-state index in [9.17, 15) is 0 Å². The molecule has 1 unspecified atom stereocenters. The average molecular weight is 231 g/mol. The third-order valence-electron chi connectivity index (χ3n) is 3.34. The molecular weight excluding hydrogens is 210 g/mol. The van der Waals surface area contributed by atoms with Crippen molar-refractivity contribution in [3.8, 4) is 0 Å². The van der Waals surface area contributed by atoms with E-state index in [4.69, 9.17) is 4.74 Å². The Kier molecular flexibility index (Phi) is 4.21. The molecule has 1 heterocycles. The van der Waals surface area contributed by atoms with Gasteiger partial charge in [0.25, 0.3) is 0 Å². The van der Waals surface area contributed by atoms with Crippen LogP contribution in [0.25, 0.3) is 0 Å². The molecule has 2 nitrogen and oxygen atoms in total. The van der Waals surface area contributed by atoms with Gasteiger partial charge in [-0.1, -0.05) is 31.2 Å². The number of hydrogen-bond donors (Lipinski definition) is 1. The van der Waals surface area contributed by atoms with Crippen LogP contribution in [-0.4, -0.2) is 13.7 Å². The molecule has 0 aliphatic carbocycles.